The van der Waals surface area contributed by atoms with Crippen molar-refractivity contribution < 1.29 is 23.0 Å². The number of carbonyl (C=O) groups is 1. The van der Waals surface area contributed by atoms with Gasteiger partial charge in [-0.15, -0.1) is 0 Å². The maximum Gasteiger partial charge on any atom is 0.170 e. The van der Waals surface area contributed by atoms with E-state index in [1.807, 2.05) is 12.1 Å². The molecule has 9 heteroatoms. The fourth-order valence-corrected chi connectivity index (χ4v) is 4.92. The minimum absolute atomic E-state index is 0.0991. The van der Waals surface area contributed by atoms with Crippen LogP contribution in [0.3, 0.4) is 0 Å². The quantitative estimate of drug-likeness (QED) is 0.507. The summed E-state index contributed by atoms with van der Waals surface area (Å²) in [5.74, 6) is -2.66. The number of nitrogens with zero attached hydrogens (tertiary/aromatic N) is 4. The fraction of sp³-hybridized carbons (Fsp3) is 0.385. The lowest BCUT2D eigenvalue weighted by Crippen LogP contribution is -2.41. The van der Waals surface area contributed by atoms with Gasteiger partial charge in [-0.2, -0.15) is 10.4 Å². The number of ketones is 1. The van der Waals surface area contributed by atoms with E-state index in [0.29, 0.717) is 67.1 Å². The van der Waals surface area contributed by atoms with Crippen LogP contribution in [-0.4, -0.2) is 39.5 Å². The van der Waals surface area contributed by atoms with E-state index in [4.69, 9.17) is 9.47 Å². The number of nitriles is 1. The molecule has 1 aliphatic heterocycles. The van der Waals surface area contributed by atoms with Gasteiger partial charge >= 0.3 is 0 Å². The van der Waals surface area contributed by atoms with Gasteiger partial charge in [0.05, 0.1) is 53.5 Å². The predicted octanol–water partition coefficient (Wildman–Crippen LogP) is 4.36. The lowest BCUT2D eigenvalue weighted by molar-refractivity contribution is -0.182. The van der Waals surface area contributed by atoms with Crippen molar-refractivity contribution in [3.8, 4) is 11.8 Å². The first-order chi connectivity index (χ1) is 16.8. The van der Waals surface area contributed by atoms with Gasteiger partial charge in [0, 0.05) is 31.5 Å². The zero-order chi connectivity index (χ0) is 24.6. The molecule has 180 valence electrons. The van der Waals surface area contributed by atoms with Crippen LogP contribution in [0.5, 0.6) is 0 Å². The molecule has 1 saturated heterocycles. The average molecular weight is 478 g/mol. The first-order valence-corrected chi connectivity index (χ1v) is 11.5. The Bertz CT molecular complexity index is 1300. The van der Waals surface area contributed by atoms with Crippen molar-refractivity contribution in [2.75, 3.05) is 13.2 Å². The van der Waals surface area contributed by atoms with Crippen LogP contribution in [0.4, 0.5) is 8.78 Å². The molecule has 3 aromatic rings. The second-order valence-electron chi connectivity index (χ2n) is 9.11. The van der Waals surface area contributed by atoms with Crippen LogP contribution in [0.2, 0.25) is 0 Å². The standard InChI is InChI=1S/C26H24F2N4O3/c1-17-20(15-31-32(17)19-3-4-21(27)22(28)13-19)23(33)12-18-2-5-24(30-14-18)25(16-29)6-8-26(9-7-25)34-10-11-35-26/h2-5,13-15H,6-12H2,1H3. The molecule has 2 aromatic heterocycles. The van der Waals surface area contributed by atoms with E-state index in [2.05, 4.69) is 16.2 Å². The maximum atomic E-state index is 13.6. The topological polar surface area (TPSA) is 90.0 Å². The van der Waals surface area contributed by atoms with Crippen molar-refractivity contribution in [1.29, 1.82) is 5.26 Å². The van der Waals surface area contributed by atoms with Gasteiger partial charge in [0.25, 0.3) is 0 Å². The molecule has 1 saturated carbocycles. The second-order valence-corrected chi connectivity index (χ2v) is 9.11. The molecule has 2 fully saturated rings. The summed E-state index contributed by atoms with van der Waals surface area (Å²) in [4.78, 5) is 17.5. The normalized spacial score (nSPS) is 18.5. The number of benzene rings is 1. The third-order valence-corrected chi connectivity index (χ3v) is 7.03. The number of carbonyl (C=O) groups excluding carboxylic acids is 1. The first-order valence-electron chi connectivity index (χ1n) is 11.5. The highest BCUT2D eigenvalue weighted by Crippen LogP contribution is 2.45. The summed E-state index contributed by atoms with van der Waals surface area (Å²) in [5, 5.41) is 14.1. The number of aromatic nitrogens is 3. The summed E-state index contributed by atoms with van der Waals surface area (Å²) >= 11 is 0. The molecule has 1 spiro atoms. The molecule has 0 N–H and O–H groups in total. The molecule has 2 aliphatic rings. The van der Waals surface area contributed by atoms with Gasteiger partial charge in [-0.05, 0) is 43.5 Å². The van der Waals surface area contributed by atoms with Crippen LogP contribution in [0, 0.1) is 29.9 Å². The van der Waals surface area contributed by atoms with Crippen LogP contribution in [-0.2, 0) is 21.3 Å². The Kier molecular flexibility index (Phi) is 5.95. The molecule has 0 radical (unpaired) electrons. The first kappa shape index (κ1) is 23.3. The largest absolute Gasteiger partial charge is 0.348 e. The van der Waals surface area contributed by atoms with Crippen molar-refractivity contribution in [2.45, 2.75) is 50.2 Å². The van der Waals surface area contributed by atoms with Crippen molar-refractivity contribution >= 4 is 5.78 Å². The van der Waals surface area contributed by atoms with Gasteiger partial charge in [-0.3, -0.25) is 9.78 Å². The van der Waals surface area contributed by atoms with Crippen molar-refractivity contribution in [1.82, 2.24) is 14.8 Å². The highest BCUT2D eigenvalue weighted by atomic mass is 19.2. The SMILES string of the molecule is Cc1c(C(=O)Cc2ccc(C3(C#N)CCC4(CC3)OCCO4)nc2)cnn1-c1ccc(F)c(F)c1. The predicted molar refractivity (Wildman–Crippen MR) is 121 cm³/mol. The van der Waals surface area contributed by atoms with Crippen molar-refractivity contribution in [3.63, 3.8) is 0 Å². The van der Waals surface area contributed by atoms with Crippen LogP contribution < -0.4 is 0 Å². The van der Waals surface area contributed by atoms with Crippen molar-refractivity contribution in [2.24, 2.45) is 0 Å². The zero-order valence-electron chi connectivity index (χ0n) is 19.3. The van der Waals surface area contributed by atoms with Gasteiger partial charge in [0.1, 0.15) is 0 Å². The Morgan fingerprint density at radius 2 is 1.83 bits per heavy atom. The lowest BCUT2D eigenvalue weighted by atomic mass is 9.70. The molecule has 1 aliphatic carbocycles. The Labute approximate surface area is 201 Å². The van der Waals surface area contributed by atoms with Crippen molar-refractivity contribution in [3.05, 3.63) is 76.9 Å². The monoisotopic (exact) mass is 478 g/mol. The Hall–Kier alpha value is -3.48. The summed E-state index contributed by atoms with van der Waals surface area (Å²) in [5.41, 5.74) is 1.94. The zero-order valence-corrected chi connectivity index (χ0v) is 19.3. The van der Waals surface area contributed by atoms with Crippen LogP contribution in [0.25, 0.3) is 5.69 Å². The van der Waals surface area contributed by atoms with Crippen LogP contribution in [0.15, 0.2) is 42.7 Å². The van der Waals surface area contributed by atoms with E-state index in [-0.39, 0.29) is 12.2 Å². The Morgan fingerprint density at radius 3 is 2.46 bits per heavy atom. The van der Waals surface area contributed by atoms with Gasteiger partial charge in [-0.25, -0.2) is 13.5 Å². The number of pyridine rings is 1. The molecule has 0 amide bonds. The summed E-state index contributed by atoms with van der Waals surface area (Å²) in [6, 6.07) is 9.56. The minimum Gasteiger partial charge on any atom is -0.348 e. The summed E-state index contributed by atoms with van der Waals surface area (Å²) in [6.07, 6.45) is 5.63. The molecule has 0 bridgehead atoms. The second kappa shape index (κ2) is 8.95. The lowest BCUT2D eigenvalue weighted by Gasteiger charge is -2.39. The third kappa shape index (κ3) is 4.24. The van der Waals surface area contributed by atoms with Gasteiger partial charge < -0.3 is 9.47 Å². The molecule has 1 aromatic carbocycles. The van der Waals surface area contributed by atoms with Crippen LogP contribution >= 0.6 is 0 Å². The number of hydrogen-bond acceptors (Lipinski definition) is 6. The molecule has 7 nitrogen and oxygen atoms in total. The number of halogens is 2. The molecule has 5 rings (SSSR count). The van der Waals surface area contributed by atoms with E-state index in [1.165, 1.54) is 16.9 Å². The van der Waals surface area contributed by atoms with E-state index >= 15 is 0 Å². The van der Waals surface area contributed by atoms with Crippen LogP contribution in [0.1, 0.15) is 53.0 Å². The molecule has 3 heterocycles. The number of Topliss-reactive ketones (excluding diaryl/α,β-unsaturated/α-hetero) is 1. The fourth-order valence-electron chi connectivity index (χ4n) is 4.92. The van der Waals surface area contributed by atoms with E-state index < -0.39 is 22.8 Å². The van der Waals surface area contributed by atoms with Gasteiger partial charge in [0.15, 0.2) is 23.2 Å². The summed E-state index contributed by atoms with van der Waals surface area (Å²) in [7, 11) is 0. The van der Waals surface area contributed by atoms with E-state index in [0.717, 1.165) is 12.1 Å². The highest BCUT2D eigenvalue weighted by molar-refractivity contribution is 5.98. The van der Waals surface area contributed by atoms with E-state index in [9.17, 15) is 18.8 Å². The average Bonchev–Trinajstić information content (AvgIpc) is 3.49. The number of hydrogen-bond donors (Lipinski definition) is 0. The third-order valence-electron chi connectivity index (χ3n) is 7.03. The molecular weight excluding hydrogens is 454 g/mol. The molecule has 35 heavy (non-hydrogen) atoms. The molecular formula is C26H24F2N4O3. The molecule has 0 atom stereocenters. The van der Waals surface area contributed by atoms with E-state index in [1.54, 1.807) is 13.1 Å². The van der Waals surface area contributed by atoms with Gasteiger partial charge in [-0.1, -0.05) is 6.07 Å². The Balaban J connectivity index is 1.29. The number of rotatable bonds is 5. The highest BCUT2D eigenvalue weighted by Gasteiger charge is 2.48. The number of ether oxygens (including phenoxy) is 2. The minimum atomic E-state index is -0.983. The smallest absolute Gasteiger partial charge is 0.170 e. The van der Waals surface area contributed by atoms with Gasteiger partial charge in [0.2, 0.25) is 0 Å². The summed E-state index contributed by atoms with van der Waals surface area (Å²) in [6.45, 7) is 2.87. The maximum absolute atomic E-state index is 13.6. The molecule has 0 unspecified atom stereocenters. The Morgan fingerprint density at radius 1 is 1.09 bits per heavy atom. The summed E-state index contributed by atoms with van der Waals surface area (Å²) < 4.78 is 39.8.